The molecule has 1 heterocycles. The van der Waals surface area contributed by atoms with E-state index >= 15 is 0 Å². The molecule has 1 aliphatic heterocycles. The van der Waals surface area contributed by atoms with E-state index in [0.29, 0.717) is 28.2 Å². The van der Waals surface area contributed by atoms with Gasteiger partial charge >= 0.3 is 0 Å². The molecule has 0 fully saturated rings. The van der Waals surface area contributed by atoms with Crippen LogP contribution < -0.4 is 4.74 Å². The molecule has 0 aliphatic carbocycles. The molecule has 3 heteroatoms. The van der Waals surface area contributed by atoms with Gasteiger partial charge in [-0.1, -0.05) is 32.6 Å². The molecule has 0 aromatic heterocycles. The maximum Gasteiger partial charge on any atom is 0.150 e. The minimum absolute atomic E-state index is 0.00869. The molecular weight excluding hydrogens is 276 g/mol. The normalized spacial score (nSPS) is 14.2. The molecule has 0 amide bonds. The van der Waals surface area contributed by atoms with Gasteiger partial charge in [-0.15, -0.1) is 0 Å². The third-order valence-electron chi connectivity index (χ3n) is 3.86. The van der Waals surface area contributed by atoms with Crippen LogP contribution >= 0.6 is 0 Å². The maximum atomic E-state index is 10.3. The van der Waals surface area contributed by atoms with Crippen LogP contribution in [0.2, 0.25) is 0 Å². The number of fused-ring (bicyclic) bond motifs is 1. The smallest absolute Gasteiger partial charge is 0.150 e. The van der Waals surface area contributed by atoms with Crippen molar-refractivity contribution in [1.29, 1.82) is 0 Å². The molecule has 0 bridgehead atoms. The molecular formula is C19H22O3. The number of phenols is 2. The van der Waals surface area contributed by atoms with Crippen molar-refractivity contribution in [3.05, 3.63) is 53.8 Å². The highest BCUT2D eigenvalue weighted by molar-refractivity contribution is 5.91. The van der Waals surface area contributed by atoms with Crippen molar-refractivity contribution in [3.63, 3.8) is 0 Å². The Morgan fingerprint density at radius 3 is 2.59 bits per heavy atom. The summed E-state index contributed by atoms with van der Waals surface area (Å²) in [5, 5.41) is 20.6. The van der Waals surface area contributed by atoms with Crippen LogP contribution in [0.25, 0.3) is 11.1 Å². The van der Waals surface area contributed by atoms with Crippen LogP contribution in [0.4, 0.5) is 0 Å². The van der Waals surface area contributed by atoms with Crippen molar-refractivity contribution in [2.75, 3.05) is 0 Å². The van der Waals surface area contributed by atoms with E-state index in [1.807, 2.05) is 26.0 Å². The Morgan fingerprint density at radius 2 is 2.00 bits per heavy atom. The van der Waals surface area contributed by atoms with Gasteiger partial charge in [-0.25, -0.2) is 0 Å². The van der Waals surface area contributed by atoms with Crippen molar-refractivity contribution in [2.24, 2.45) is 0 Å². The lowest BCUT2D eigenvalue weighted by Crippen LogP contribution is -2.06. The predicted octanol–water partition coefficient (Wildman–Crippen LogP) is 5.17. The zero-order valence-corrected chi connectivity index (χ0v) is 13.4. The molecule has 116 valence electrons. The largest absolute Gasteiger partial charge is 0.507 e. The van der Waals surface area contributed by atoms with Gasteiger partial charge < -0.3 is 14.9 Å². The second-order valence-electron chi connectivity index (χ2n) is 5.43. The first-order valence-corrected chi connectivity index (χ1v) is 7.39. The highest BCUT2D eigenvalue weighted by Gasteiger charge is 2.27. The molecule has 2 rings (SSSR count). The van der Waals surface area contributed by atoms with E-state index in [4.69, 9.17) is 4.74 Å². The predicted molar refractivity (Wildman–Crippen MR) is 90.9 cm³/mol. The second-order valence-corrected chi connectivity index (χ2v) is 5.43. The molecule has 0 saturated carbocycles. The molecule has 22 heavy (non-hydrogen) atoms. The topological polar surface area (TPSA) is 49.7 Å². The molecule has 0 unspecified atom stereocenters. The van der Waals surface area contributed by atoms with Crippen LogP contribution in [0.5, 0.6) is 17.2 Å². The van der Waals surface area contributed by atoms with Crippen LogP contribution in [0.1, 0.15) is 44.7 Å². The number of phenolic OH excluding ortho intramolecular Hbond substituents is 2. The van der Waals surface area contributed by atoms with Gasteiger partial charge in [0.1, 0.15) is 23.0 Å². The number of allylic oxidation sites excluding steroid dienone is 5. The Kier molecular flexibility index (Phi) is 4.45. The van der Waals surface area contributed by atoms with E-state index in [1.54, 1.807) is 0 Å². The van der Waals surface area contributed by atoms with Gasteiger partial charge in [0.05, 0.1) is 11.1 Å². The molecule has 1 aromatic carbocycles. The maximum absolute atomic E-state index is 10.3. The van der Waals surface area contributed by atoms with Gasteiger partial charge in [-0.3, -0.25) is 0 Å². The second kappa shape index (κ2) is 6.14. The number of hydrogen-bond donors (Lipinski definition) is 2. The first-order valence-electron chi connectivity index (χ1n) is 7.39. The summed E-state index contributed by atoms with van der Waals surface area (Å²) < 4.78 is 5.74. The lowest BCUT2D eigenvalue weighted by molar-refractivity contribution is 0.409. The number of benzene rings is 1. The van der Waals surface area contributed by atoms with Crippen molar-refractivity contribution < 1.29 is 14.9 Å². The first-order chi connectivity index (χ1) is 10.4. The fourth-order valence-electron chi connectivity index (χ4n) is 2.60. The van der Waals surface area contributed by atoms with E-state index in [1.165, 1.54) is 6.07 Å². The average Bonchev–Trinajstić information content (AvgIpc) is 2.45. The Bertz CT molecular complexity index is 706. The summed E-state index contributed by atoms with van der Waals surface area (Å²) in [6, 6.07) is 1.35. The number of ether oxygens (including phenoxy) is 1. The van der Waals surface area contributed by atoms with Crippen LogP contribution in [0, 0.1) is 0 Å². The van der Waals surface area contributed by atoms with Crippen molar-refractivity contribution in [1.82, 2.24) is 0 Å². The highest BCUT2D eigenvalue weighted by atomic mass is 16.5. The summed E-state index contributed by atoms with van der Waals surface area (Å²) >= 11 is 0. The van der Waals surface area contributed by atoms with E-state index in [-0.39, 0.29) is 11.5 Å². The Balaban J connectivity index is 2.74. The SMILES string of the molecule is C=C1C=C(CCC)c2c(O)cc(O)c(C(=C)/C(C)=C/C)c2O1. The fourth-order valence-corrected chi connectivity index (χ4v) is 2.60. The van der Waals surface area contributed by atoms with Crippen molar-refractivity contribution >= 4 is 11.1 Å². The van der Waals surface area contributed by atoms with Crippen LogP contribution in [0.3, 0.4) is 0 Å². The zero-order chi connectivity index (χ0) is 16.4. The van der Waals surface area contributed by atoms with Gasteiger partial charge in [0.2, 0.25) is 0 Å². The molecule has 1 aliphatic rings. The Hall–Kier alpha value is -2.42. The minimum atomic E-state index is -0.0481. The Morgan fingerprint density at radius 1 is 1.32 bits per heavy atom. The Labute approximate surface area is 131 Å². The summed E-state index contributed by atoms with van der Waals surface area (Å²) in [6.45, 7) is 13.8. The van der Waals surface area contributed by atoms with Gasteiger partial charge in [0.25, 0.3) is 0 Å². The van der Waals surface area contributed by atoms with E-state index in [9.17, 15) is 10.2 Å². The standard InChI is InChI=1S/C19H22O3/c1-6-8-14-9-12(4)22-19-17(13(5)11(3)7-2)15(20)10-16(21)18(14)19/h7,9-10,20-21H,4-6,8H2,1-3H3/b11-7+. The summed E-state index contributed by atoms with van der Waals surface area (Å²) in [6.07, 6.45) is 5.48. The van der Waals surface area contributed by atoms with Gasteiger partial charge in [0, 0.05) is 6.07 Å². The van der Waals surface area contributed by atoms with E-state index in [2.05, 4.69) is 20.1 Å². The van der Waals surface area contributed by atoms with Crippen LogP contribution in [-0.4, -0.2) is 10.2 Å². The van der Waals surface area contributed by atoms with Gasteiger partial charge in [-0.2, -0.15) is 0 Å². The fraction of sp³-hybridized carbons (Fsp3) is 0.263. The van der Waals surface area contributed by atoms with Crippen LogP contribution in [-0.2, 0) is 0 Å². The molecule has 0 saturated heterocycles. The molecule has 2 N–H and O–H groups in total. The summed E-state index contributed by atoms with van der Waals surface area (Å²) in [5.41, 5.74) is 3.68. The molecule has 0 atom stereocenters. The van der Waals surface area contributed by atoms with E-state index < -0.39 is 0 Å². The zero-order valence-electron chi connectivity index (χ0n) is 13.4. The summed E-state index contributed by atoms with van der Waals surface area (Å²) in [5.74, 6) is 0.884. The number of aromatic hydroxyl groups is 2. The lowest BCUT2D eigenvalue weighted by atomic mass is 9.90. The summed E-state index contributed by atoms with van der Waals surface area (Å²) in [4.78, 5) is 0. The van der Waals surface area contributed by atoms with Crippen molar-refractivity contribution in [2.45, 2.75) is 33.6 Å². The average molecular weight is 298 g/mol. The van der Waals surface area contributed by atoms with E-state index in [0.717, 1.165) is 24.0 Å². The molecule has 3 nitrogen and oxygen atoms in total. The molecule has 0 radical (unpaired) electrons. The number of hydrogen-bond acceptors (Lipinski definition) is 3. The molecule has 1 aromatic rings. The van der Waals surface area contributed by atoms with Crippen molar-refractivity contribution in [3.8, 4) is 17.2 Å². The third-order valence-corrected chi connectivity index (χ3v) is 3.86. The molecule has 0 spiro atoms. The monoisotopic (exact) mass is 298 g/mol. The number of rotatable bonds is 4. The van der Waals surface area contributed by atoms with Gasteiger partial charge in [-0.05, 0) is 43.1 Å². The summed E-state index contributed by atoms with van der Waals surface area (Å²) in [7, 11) is 0. The van der Waals surface area contributed by atoms with Crippen LogP contribution in [0.15, 0.2) is 42.7 Å². The first kappa shape index (κ1) is 16.0. The van der Waals surface area contributed by atoms with Gasteiger partial charge in [0.15, 0.2) is 0 Å². The highest BCUT2D eigenvalue weighted by Crippen LogP contribution is 2.49. The quantitative estimate of drug-likeness (QED) is 0.754. The minimum Gasteiger partial charge on any atom is -0.507 e. The lowest BCUT2D eigenvalue weighted by Gasteiger charge is -2.25. The third kappa shape index (κ3) is 2.67.